The Labute approximate surface area is 151 Å². The monoisotopic (exact) mass is 348 g/mol. The van der Waals surface area contributed by atoms with Crippen molar-refractivity contribution in [2.75, 3.05) is 0 Å². The lowest BCUT2D eigenvalue weighted by molar-refractivity contribution is 0.0936. The molecule has 6 nitrogen and oxygen atoms in total. The van der Waals surface area contributed by atoms with E-state index < -0.39 is 0 Å². The van der Waals surface area contributed by atoms with Crippen molar-refractivity contribution in [3.8, 4) is 11.4 Å². The minimum absolute atomic E-state index is 0.0179. The summed E-state index contributed by atoms with van der Waals surface area (Å²) in [4.78, 5) is 21.0. The average Bonchev–Trinajstić information content (AvgIpc) is 3.29. The van der Waals surface area contributed by atoms with Crippen LogP contribution in [0.1, 0.15) is 52.5 Å². The summed E-state index contributed by atoms with van der Waals surface area (Å²) in [6.07, 6.45) is 4.14. The standard InChI is InChI=1S/C20H20N4O2/c1-3-18-23-19(24-26-18)14-6-8-16-13(10-14)7-9-17(16)22-20(25)15-5-4-12(2)21-11-15/h4-6,8,10-11,17H,3,7,9H2,1-2H3,(H,22,25)/t17-/m1/s1. The first-order valence-electron chi connectivity index (χ1n) is 8.83. The summed E-state index contributed by atoms with van der Waals surface area (Å²) in [6.45, 7) is 3.89. The molecule has 0 spiro atoms. The van der Waals surface area contributed by atoms with E-state index in [1.807, 2.05) is 26.0 Å². The summed E-state index contributed by atoms with van der Waals surface area (Å²) >= 11 is 0. The third-order valence-electron chi connectivity index (χ3n) is 4.73. The van der Waals surface area contributed by atoms with Crippen LogP contribution in [0.4, 0.5) is 0 Å². The van der Waals surface area contributed by atoms with Crippen molar-refractivity contribution in [1.29, 1.82) is 0 Å². The maximum atomic E-state index is 12.5. The second-order valence-electron chi connectivity index (χ2n) is 6.53. The number of aromatic nitrogens is 3. The molecule has 1 aliphatic carbocycles. The van der Waals surface area contributed by atoms with Gasteiger partial charge in [-0.05, 0) is 49.1 Å². The number of hydrogen-bond donors (Lipinski definition) is 1. The highest BCUT2D eigenvalue weighted by Crippen LogP contribution is 2.33. The van der Waals surface area contributed by atoms with Crippen molar-refractivity contribution in [1.82, 2.24) is 20.4 Å². The van der Waals surface area contributed by atoms with E-state index in [4.69, 9.17) is 4.52 Å². The van der Waals surface area contributed by atoms with Crippen molar-refractivity contribution >= 4 is 5.91 Å². The fourth-order valence-corrected chi connectivity index (χ4v) is 3.27. The Balaban J connectivity index is 1.52. The van der Waals surface area contributed by atoms with Crippen molar-refractivity contribution in [3.05, 3.63) is 64.8 Å². The number of pyridine rings is 1. The van der Waals surface area contributed by atoms with E-state index in [1.54, 1.807) is 12.3 Å². The number of hydrogen-bond acceptors (Lipinski definition) is 5. The Hall–Kier alpha value is -3.02. The number of fused-ring (bicyclic) bond motifs is 1. The van der Waals surface area contributed by atoms with E-state index in [1.165, 1.54) is 5.56 Å². The van der Waals surface area contributed by atoms with Gasteiger partial charge in [0.05, 0.1) is 11.6 Å². The molecule has 0 unspecified atom stereocenters. The first-order chi connectivity index (χ1) is 12.6. The molecule has 0 saturated carbocycles. The molecular formula is C20H20N4O2. The average molecular weight is 348 g/mol. The maximum Gasteiger partial charge on any atom is 0.253 e. The number of benzene rings is 1. The van der Waals surface area contributed by atoms with Crippen LogP contribution in [0.3, 0.4) is 0 Å². The number of rotatable bonds is 4. The number of aryl methyl sites for hydroxylation is 3. The Morgan fingerprint density at radius 1 is 1.31 bits per heavy atom. The molecular weight excluding hydrogens is 328 g/mol. The Bertz CT molecular complexity index is 947. The Kier molecular flexibility index (Phi) is 4.24. The zero-order valence-electron chi connectivity index (χ0n) is 14.8. The van der Waals surface area contributed by atoms with Gasteiger partial charge in [-0.2, -0.15) is 4.98 Å². The van der Waals surface area contributed by atoms with Crippen LogP contribution in [0.15, 0.2) is 41.1 Å². The predicted molar refractivity (Wildman–Crippen MR) is 96.6 cm³/mol. The largest absolute Gasteiger partial charge is 0.345 e. The number of nitrogens with one attached hydrogen (secondary N) is 1. The molecule has 3 aromatic rings. The molecule has 26 heavy (non-hydrogen) atoms. The molecule has 2 aromatic heterocycles. The fraction of sp³-hybridized carbons (Fsp3) is 0.300. The quantitative estimate of drug-likeness (QED) is 0.781. The van der Waals surface area contributed by atoms with Crippen LogP contribution < -0.4 is 5.32 Å². The normalized spacial score (nSPS) is 15.7. The Morgan fingerprint density at radius 2 is 2.19 bits per heavy atom. The second kappa shape index (κ2) is 6.71. The molecule has 0 saturated heterocycles. The lowest BCUT2D eigenvalue weighted by Gasteiger charge is -2.14. The summed E-state index contributed by atoms with van der Waals surface area (Å²) in [5.74, 6) is 1.16. The molecule has 1 amide bonds. The zero-order valence-corrected chi connectivity index (χ0v) is 14.8. The van der Waals surface area contributed by atoms with Gasteiger partial charge in [-0.25, -0.2) is 0 Å². The van der Waals surface area contributed by atoms with Crippen LogP contribution in [-0.4, -0.2) is 21.0 Å². The third kappa shape index (κ3) is 3.10. The van der Waals surface area contributed by atoms with Gasteiger partial charge < -0.3 is 9.84 Å². The predicted octanol–water partition coefficient (Wildman–Crippen LogP) is 3.42. The van der Waals surface area contributed by atoms with Gasteiger partial charge in [0.25, 0.3) is 5.91 Å². The molecule has 0 fully saturated rings. The minimum atomic E-state index is -0.0924. The topological polar surface area (TPSA) is 80.9 Å². The fourth-order valence-electron chi connectivity index (χ4n) is 3.27. The maximum absolute atomic E-state index is 12.5. The zero-order chi connectivity index (χ0) is 18.1. The van der Waals surface area contributed by atoms with Crippen molar-refractivity contribution in [3.63, 3.8) is 0 Å². The van der Waals surface area contributed by atoms with Gasteiger partial charge in [0.1, 0.15) is 0 Å². The highest BCUT2D eigenvalue weighted by molar-refractivity contribution is 5.94. The summed E-state index contributed by atoms with van der Waals surface area (Å²) in [5.41, 5.74) is 4.80. The van der Waals surface area contributed by atoms with E-state index in [0.29, 0.717) is 17.3 Å². The van der Waals surface area contributed by atoms with Crippen LogP contribution in [0, 0.1) is 6.92 Å². The van der Waals surface area contributed by atoms with Gasteiger partial charge in [-0.3, -0.25) is 9.78 Å². The molecule has 0 bridgehead atoms. The summed E-state index contributed by atoms with van der Waals surface area (Å²) in [7, 11) is 0. The highest BCUT2D eigenvalue weighted by Gasteiger charge is 2.25. The molecule has 4 rings (SSSR count). The smallest absolute Gasteiger partial charge is 0.253 e. The van der Waals surface area contributed by atoms with E-state index >= 15 is 0 Å². The van der Waals surface area contributed by atoms with E-state index in [9.17, 15) is 4.79 Å². The summed E-state index contributed by atoms with van der Waals surface area (Å²) in [5, 5.41) is 7.15. The first-order valence-corrected chi connectivity index (χ1v) is 8.83. The van der Waals surface area contributed by atoms with Gasteiger partial charge in [-0.1, -0.05) is 24.2 Å². The van der Waals surface area contributed by atoms with Crippen molar-refractivity contribution in [2.45, 2.75) is 39.2 Å². The third-order valence-corrected chi connectivity index (χ3v) is 4.73. The highest BCUT2D eigenvalue weighted by atomic mass is 16.5. The summed E-state index contributed by atoms with van der Waals surface area (Å²) in [6, 6.07) is 9.81. The minimum Gasteiger partial charge on any atom is -0.345 e. The first kappa shape index (κ1) is 16.4. The molecule has 6 heteroatoms. The van der Waals surface area contributed by atoms with E-state index in [0.717, 1.165) is 36.1 Å². The lowest BCUT2D eigenvalue weighted by atomic mass is 10.0. The molecule has 2 heterocycles. The number of carbonyl (C=O) groups is 1. The van der Waals surface area contributed by atoms with Crippen LogP contribution in [0.2, 0.25) is 0 Å². The van der Waals surface area contributed by atoms with Gasteiger partial charge in [0, 0.05) is 23.9 Å². The van der Waals surface area contributed by atoms with E-state index in [2.05, 4.69) is 32.6 Å². The van der Waals surface area contributed by atoms with E-state index in [-0.39, 0.29) is 11.9 Å². The van der Waals surface area contributed by atoms with Crippen LogP contribution in [-0.2, 0) is 12.8 Å². The molecule has 132 valence electrons. The second-order valence-corrected chi connectivity index (χ2v) is 6.53. The SMILES string of the molecule is CCc1nc(-c2ccc3c(c2)CC[C@H]3NC(=O)c2ccc(C)nc2)no1. The van der Waals surface area contributed by atoms with Gasteiger partial charge in [-0.15, -0.1) is 0 Å². The molecule has 0 radical (unpaired) electrons. The molecule has 1 aliphatic rings. The van der Waals surface area contributed by atoms with Gasteiger partial charge >= 0.3 is 0 Å². The van der Waals surface area contributed by atoms with Crippen LogP contribution >= 0.6 is 0 Å². The summed E-state index contributed by atoms with van der Waals surface area (Å²) < 4.78 is 5.19. The molecule has 1 atom stereocenters. The lowest BCUT2D eigenvalue weighted by Crippen LogP contribution is -2.27. The molecule has 0 aliphatic heterocycles. The molecule has 1 aromatic carbocycles. The number of carbonyl (C=O) groups excluding carboxylic acids is 1. The van der Waals surface area contributed by atoms with Gasteiger partial charge in [0.2, 0.25) is 11.7 Å². The number of nitrogens with zero attached hydrogens (tertiary/aromatic N) is 3. The number of amides is 1. The van der Waals surface area contributed by atoms with Gasteiger partial charge in [0.15, 0.2) is 0 Å². The van der Waals surface area contributed by atoms with Crippen molar-refractivity contribution < 1.29 is 9.32 Å². The van der Waals surface area contributed by atoms with Crippen LogP contribution in [0.5, 0.6) is 0 Å². The van der Waals surface area contributed by atoms with Crippen LogP contribution in [0.25, 0.3) is 11.4 Å². The van der Waals surface area contributed by atoms with Crippen molar-refractivity contribution in [2.24, 2.45) is 0 Å². The molecule has 1 N–H and O–H groups in total. The Morgan fingerprint density at radius 3 is 2.92 bits per heavy atom.